The van der Waals surface area contributed by atoms with E-state index in [0.29, 0.717) is 11.1 Å². The van der Waals surface area contributed by atoms with E-state index in [9.17, 15) is 22.4 Å². The molecule has 0 aromatic heterocycles. The molecule has 8 heteroatoms. The molecular weight excluding hydrogens is 392 g/mol. The molecule has 3 aliphatic rings. The van der Waals surface area contributed by atoms with Crippen LogP contribution in [0.15, 0.2) is 59.7 Å². The average Bonchev–Trinajstić information content (AvgIpc) is 2.71. The summed E-state index contributed by atoms with van der Waals surface area (Å²) in [5, 5.41) is 0. The summed E-state index contributed by atoms with van der Waals surface area (Å²) >= 11 is 0. The molecule has 0 amide bonds. The Morgan fingerprint density at radius 2 is 1.10 bits per heavy atom. The first-order chi connectivity index (χ1) is 13.9. The molecule has 2 atom stereocenters. The van der Waals surface area contributed by atoms with Gasteiger partial charge in [-0.15, -0.1) is 0 Å². The van der Waals surface area contributed by atoms with Gasteiger partial charge < -0.3 is 9.47 Å². The minimum atomic E-state index is -3.44. The Balaban J connectivity index is 1.77. The summed E-state index contributed by atoms with van der Waals surface area (Å²) in [6.07, 6.45) is -4.51. The van der Waals surface area contributed by atoms with E-state index in [2.05, 4.69) is 0 Å². The van der Waals surface area contributed by atoms with Gasteiger partial charge in [0.05, 0.1) is 11.1 Å². The van der Waals surface area contributed by atoms with Crippen LogP contribution < -0.4 is 9.47 Å². The molecule has 0 aliphatic carbocycles. The van der Waals surface area contributed by atoms with E-state index in [1.165, 1.54) is 36.4 Å². The molecule has 0 unspecified atom stereocenters. The number of halogens is 4. The number of fused-ring (bicyclic) bond motifs is 4. The molecule has 2 aromatic rings. The normalized spacial score (nSPS) is 27.0. The number of hydrogen-bond donors (Lipinski definition) is 0. The highest BCUT2D eigenvalue weighted by molar-refractivity contribution is 6.17. The third-order valence-electron chi connectivity index (χ3n) is 5.08. The standard InChI is InChI=1S/C21H12F4O4/c22-18(23)20-13(9-11-5-1-3-7-15(11)27-20)17(26)14-10-12-6-2-4-8-16(12)28-21(14,29-20)19(24)25/h1-10,18-19H/t20-,21+. The number of para-hydroxylation sites is 2. The SMILES string of the molecule is O=C1C2=Cc3ccccc3O[C@]2(C(F)F)O[C@]2(C(F)F)Oc3ccccc3C=C12. The fourth-order valence-electron chi connectivity index (χ4n) is 3.72. The number of ketones is 1. The summed E-state index contributed by atoms with van der Waals surface area (Å²) < 4.78 is 73.0. The molecular formula is C21H12F4O4. The molecule has 0 bridgehead atoms. The molecule has 1 saturated heterocycles. The number of carbonyl (C=O) groups is 1. The molecule has 5 rings (SSSR count). The number of alkyl halides is 4. The Kier molecular flexibility index (Phi) is 3.67. The second kappa shape index (κ2) is 5.93. The van der Waals surface area contributed by atoms with Crippen LogP contribution in [-0.2, 0) is 9.53 Å². The quantitative estimate of drug-likeness (QED) is 0.694. The van der Waals surface area contributed by atoms with Gasteiger partial charge >= 0.3 is 24.4 Å². The largest absolute Gasteiger partial charge is 0.451 e. The molecule has 1 fully saturated rings. The molecule has 29 heavy (non-hydrogen) atoms. The zero-order chi connectivity index (χ0) is 20.4. The second-order valence-electron chi connectivity index (χ2n) is 6.76. The number of rotatable bonds is 2. The zero-order valence-corrected chi connectivity index (χ0v) is 14.6. The third kappa shape index (κ3) is 2.32. The van der Waals surface area contributed by atoms with Crippen LogP contribution in [0.2, 0.25) is 0 Å². The third-order valence-corrected chi connectivity index (χ3v) is 5.08. The van der Waals surface area contributed by atoms with Gasteiger partial charge in [0, 0.05) is 11.1 Å². The van der Waals surface area contributed by atoms with Gasteiger partial charge in [-0.3, -0.25) is 9.53 Å². The Morgan fingerprint density at radius 3 is 1.52 bits per heavy atom. The van der Waals surface area contributed by atoms with Crippen LogP contribution >= 0.6 is 0 Å². The first-order valence-corrected chi connectivity index (χ1v) is 8.69. The molecule has 2 aromatic carbocycles. The Morgan fingerprint density at radius 1 is 0.690 bits per heavy atom. The zero-order valence-electron chi connectivity index (χ0n) is 14.6. The van der Waals surface area contributed by atoms with Crippen LogP contribution in [0.25, 0.3) is 12.2 Å². The highest BCUT2D eigenvalue weighted by atomic mass is 19.3. The molecule has 3 aliphatic heterocycles. The molecule has 0 saturated carbocycles. The van der Waals surface area contributed by atoms with Crippen LogP contribution in [0.1, 0.15) is 11.1 Å². The maximum atomic E-state index is 14.2. The first kappa shape index (κ1) is 17.9. The van der Waals surface area contributed by atoms with Gasteiger partial charge in [-0.25, -0.2) is 17.6 Å². The number of hydrogen-bond acceptors (Lipinski definition) is 4. The van der Waals surface area contributed by atoms with Gasteiger partial charge in [-0.2, -0.15) is 0 Å². The van der Waals surface area contributed by atoms with E-state index in [1.54, 1.807) is 24.3 Å². The smallest absolute Gasteiger partial charge is 0.307 e. The first-order valence-electron chi connectivity index (χ1n) is 8.69. The van der Waals surface area contributed by atoms with E-state index in [1.807, 2.05) is 0 Å². The number of Topliss-reactive ketones (excluding diaryl/α,β-unsaturated/α-hetero) is 1. The predicted octanol–water partition coefficient (Wildman–Crippen LogP) is 4.46. The van der Waals surface area contributed by atoms with Crippen molar-refractivity contribution in [1.29, 1.82) is 0 Å². The Hall–Kier alpha value is -3.13. The average molecular weight is 404 g/mol. The maximum absolute atomic E-state index is 14.2. The Labute approximate surface area is 162 Å². The van der Waals surface area contributed by atoms with Crippen LogP contribution in [-0.4, -0.2) is 30.2 Å². The fraction of sp³-hybridized carbons (Fsp3) is 0.190. The van der Waals surface area contributed by atoms with Gasteiger partial charge in [-0.1, -0.05) is 36.4 Å². The molecule has 0 N–H and O–H groups in total. The summed E-state index contributed by atoms with van der Waals surface area (Å²) in [7, 11) is 0. The van der Waals surface area contributed by atoms with Crippen molar-refractivity contribution in [2.45, 2.75) is 24.4 Å². The highest BCUT2D eigenvalue weighted by Crippen LogP contribution is 2.53. The minimum Gasteiger partial charge on any atom is -0.451 e. The summed E-state index contributed by atoms with van der Waals surface area (Å²) in [5.41, 5.74) is -0.399. The van der Waals surface area contributed by atoms with Crippen molar-refractivity contribution in [1.82, 2.24) is 0 Å². The lowest BCUT2D eigenvalue weighted by atomic mass is 9.82. The van der Waals surface area contributed by atoms with Gasteiger partial charge in [-0.05, 0) is 24.3 Å². The maximum Gasteiger partial charge on any atom is 0.307 e. The second-order valence-corrected chi connectivity index (χ2v) is 6.76. The summed E-state index contributed by atoms with van der Waals surface area (Å²) in [6, 6.07) is 12.2. The number of ether oxygens (including phenoxy) is 3. The van der Waals surface area contributed by atoms with Crippen LogP contribution in [0.4, 0.5) is 17.6 Å². The van der Waals surface area contributed by atoms with Gasteiger partial charge in [0.2, 0.25) is 0 Å². The minimum absolute atomic E-state index is 0.0163. The van der Waals surface area contributed by atoms with Crippen molar-refractivity contribution in [3.8, 4) is 11.5 Å². The highest BCUT2D eigenvalue weighted by Gasteiger charge is 2.68. The van der Waals surface area contributed by atoms with E-state index >= 15 is 0 Å². The Bertz CT molecular complexity index is 1010. The van der Waals surface area contributed by atoms with Crippen LogP contribution in [0, 0.1) is 0 Å². The summed E-state index contributed by atoms with van der Waals surface area (Å²) in [5.74, 6) is -7.12. The molecule has 0 radical (unpaired) electrons. The van der Waals surface area contributed by atoms with Crippen molar-refractivity contribution < 1.29 is 36.6 Å². The molecule has 4 nitrogen and oxygen atoms in total. The van der Waals surface area contributed by atoms with E-state index in [-0.39, 0.29) is 11.5 Å². The van der Waals surface area contributed by atoms with Gasteiger partial charge in [0.1, 0.15) is 11.5 Å². The van der Waals surface area contributed by atoms with Crippen molar-refractivity contribution >= 4 is 17.9 Å². The number of carbonyl (C=O) groups excluding carboxylic acids is 1. The lowest BCUT2D eigenvalue weighted by Gasteiger charge is -2.49. The summed E-state index contributed by atoms with van der Waals surface area (Å²) in [4.78, 5) is 13.2. The van der Waals surface area contributed by atoms with Crippen LogP contribution in [0.5, 0.6) is 11.5 Å². The lowest BCUT2D eigenvalue weighted by Crippen LogP contribution is -2.67. The molecule has 3 heterocycles. The summed E-state index contributed by atoms with van der Waals surface area (Å²) in [6.45, 7) is 0. The van der Waals surface area contributed by atoms with E-state index in [4.69, 9.17) is 14.2 Å². The van der Waals surface area contributed by atoms with E-state index < -0.39 is 41.4 Å². The molecule has 148 valence electrons. The van der Waals surface area contributed by atoms with Crippen LogP contribution in [0.3, 0.4) is 0 Å². The fourth-order valence-corrected chi connectivity index (χ4v) is 3.72. The predicted molar refractivity (Wildman–Crippen MR) is 93.7 cm³/mol. The van der Waals surface area contributed by atoms with Crippen molar-refractivity contribution in [2.75, 3.05) is 0 Å². The van der Waals surface area contributed by atoms with Crippen molar-refractivity contribution in [3.63, 3.8) is 0 Å². The van der Waals surface area contributed by atoms with Crippen molar-refractivity contribution in [2.24, 2.45) is 0 Å². The van der Waals surface area contributed by atoms with E-state index in [0.717, 1.165) is 0 Å². The number of benzene rings is 2. The lowest BCUT2D eigenvalue weighted by molar-refractivity contribution is -0.348. The van der Waals surface area contributed by atoms with Crippen molar-refractivity contribution in [3.05, 3.63) is 70.8 Å². The molecule has 0 spiro atoms. The van der Waals surface area contributed by atoms with Gasteiger partial charge in [0.15, 0.2) is 5.78 Å². The topological polar surface area (TPSA) is 44.8 Å². The van der Waals surface area contributed by atoms with Gasteiger partial charge in [0.25, 0.3) is 0 Å². The monoisotopic (exact) mass is 404 g/mol.